The molecule has 0 radical (unpaired) electrons. The standard InChI is InChI=1S/C18H15FN2O3/c1-23-17-9-12(2-7-16(17)24-11-18(21)22)8-14(10-20)13-3-5-15(19)6-4-13/h2-9H,11H2,1H3,(H2,21,22). The number of benzene rings is 2. The van der Waals surface area contributed by atoms with E-state index >= 15 is 0 Å². The Kier molecular flexibility index (Phi) is 5.53. The van der Waals surface area contributed by atoms with E-state index in [4.69, 9.17) is 15.2 Å². The van der Waals surface area contributed by atoms with E-state index in [0.717, 1.165) is 0 Å². The van der Waals surface area contributed by atoms with Crippen molar-refractivity contribution in [2.45, 2.75) is 0 Å². The number of hydrogen-bond donors (Lipinski definition) is 1. The lowest BCUT2D eigenvalue weighted by atomic mass is 10.0. The third-order valence-corrected chi connectivity index (χ3v) is 3.14. The Hall–Kier alpha value is -3.33. The fraction of sp³-hybridized carbons (Fsp3) is 0.111. The Balaban J connectivity index is 2.32. The van der Waals surface area contributed by atoms with Gasteiger partial charge >= 0.3 is 0 Å². The first-order chi connectivity index (χ1) is 11.5. The Morgan fingerprint density at radius 2 is 1.96 bits per heavy atom. The summed E-state index contributed by atoms with van der Waals surface area (Å²) in [7, 11) is 1.46. The molecule has 0 saturated heterocycles. The van der Waals surface area contributed by atoms with Gasteiger partial charge < -0.3 is 15.2 Å². The van der Waals surface area contributed by atoms with Crippen LogP contribution in [0.1, 0.15) is 11.1 Å². The Morgan fingerprint density at radius 1 is 1.25 bits per heavy atom. The van der Waals surface area contributed by atoms with Crippen LogP contribution in [0.25, 0.3) is 11.6 Å². The number of allylic oxidation sites excluding steroid dienone is 1. The highest BCUT2D eigenvalue weighted by Crippen LogP contribution is 2.29. The molecule has 0 heterocycles. The lowest BCUT2D eigenvalue weighted by molar-refractivity contribution is -0.119. The molecule has 2 aromatic carbocycles. The number of rotatable bonds is 6. The minimum absolute atomic E-state index is 0.259. The molecule has 2 rings (SSSR count). The zero-order valence-electron chi connectivity index (χ0n) is 13.0. The van der Waals surface area contributed by atoms with Crippen LogP contribution in [-0.2, 0) is 4.79 Å². The number of primary amides is 1. The van der Waals surface area contributed by atoms with Gasteiger partial charge in [0.05, 0.1) is 18.8 Å². The summed E-state index contributed by atoms with van der Waals surface area (Å²) < 4.78 is 23.5. The van der Waals surface area contributed by atoms with Gasteiger partial charge in [-0.15, -0.1) is 0 Å². The minimum atomic E-state index is -0.593. The molecule has 0 unspecified atom stereocenters. The Labute approximate surface area is 138 Å². The van der Waals surface area contributed by atoms with Gasteiger partial charge in [0.2, 0.25) is 0 Å². The van der Waals surface area contributed by atoms with Gasteiger partial charge in [0.1, 0.15) is 5.82 Å². The molecule has 24 heavy (non-hydrogen) atoms. The third kappa shape index (κ3) is 4.34. The molecule has 2 N–H and O–H groups in total. The van der Waals surface area contributed by atoms with Crippen molar-refractivity contribution in [2.24, 2.45) is 5.73 Å². The highest BCUT2D eigenvalue weighted by Gasteiger charge is 2.08. The van der Waals surface area contributed by atoms with Crippen molar-refractivity contribution < 1.29 is 18.7 Å². The quantitative estimate of drug-likeness (QED) is 0.653. The van der Waals surface area contributed by atoms with E-state index in [0.29, 0.717) is 28.2 Å². The van der Waals surface area contributed by atoms with Gasteiger partial charge in [0.15, 0.2) is 18.1 Å². The first-order valence-corrected chi connectivity index (χ1v) is 7.00. The van der Waals surface area contributed by atoms with Crippen LogP contribution in [0.3, 0.4) is 0 Å². The average Bonchev–Trinajstić information content (AvgIpc) is 2.59. The normalized spacial score (nSPS) is 10.8. The molecule has 0 aliphatic rings. The van der Waals surface area contributed by atoms with Gasteiger partial charge in [-0.3, -0.25) is 4.79 Å². The van der Waals surface area contributed by atoms with Gasteiger partial charge in [0, 0.05) is 0 Å². The number of methoxy groups -OCH3 is 1. The second-order valence-corrected chi connectivity index (χ2v) is 4.84. The van der Waals surface area contributed by atoms with Crippen molar-refractivity contribution >= 4 is 17.6 Å². The summed E-state index contributed by atoms with van der Waals surface area (Å²) in [6.07, 6.45) is 1.65. The fourth-order valence-electron chi connectivity index (χ4n) is 2.02. The SMILES string of the molecule is COc1cc(C=C(C#N)c2ccc(F)cc2)ccc1OCC(N)=O. The predicted octanol–water partition coefficient (Wildman–Crippen LogP) is 2.76. The summed E-state index contributed by atoms with van der Waals surface area (Å²) in [5, 5.41) is 9.32. The fourth-order valence-corrected chi connectivity index (χ4v) is 2.02. The first kappa shape index (κ1) is 17.0. The number of nitrogens with zero attached hydrogens (tertiary/aromatic N) is 1. The number of nitrogens with two attached hydrogens (primary N) is 1. The summed E-state index contributed by atoms with van der Waals surface area (Å²) in [4.78, 5) is 10.8. The monoisotopic (exact) mass is 326 g/mol. The summed E-state index contributed by atoms with van der Waals surface area (Å²) in [6.45, 7) is -0.259. The van der Waals surface area contributed by atoms with Crippen molar-refractivity contribution in [3.63, 3.8) is 0 Å². The number of ether oxygens (including phenoxy) is 2. The third-order valence-electron chi connectivity index (χ3n) is 3.14. The summed E-state index contributed by atoms with van der Waals surface area (Å²) in [5.41, 5.74) is 6.72. The van der Waals surface area contributed by atoms with E-state index in [1.165, 1.54) is 31.4 Å². The van der Waals surface area contributed by atoms with Crippen LogP contribution < -0.4 is 15.2 Å². The van der Waals surface area contributed by atoms with E-state index in [2.05, 4.69) is 6.07 Å². The first-order valence-electron chi connectivity index (χ1n) is 7.00. The summed E-state index contributed by atoms with van der Waals surface area (Å²) in [5.74, 6) is -0.187. The molecule has 0 bridgehead atoms. The van der Waals surface area contributed by atoms with Gasteiger partial charge in [-0.2, -0.15) is 5.26 Å². The van der Waals surface area contributed by atoms with E-state index in [-0.39, 0.29) is 12.4 Å². The second kappa shape index (κ2) is 7.79. The maximum absolute atomic E-state index is 13.0. The highest BCUT2D eigenvalue weighted by atomic mass is 19.1. The van der Waals surface area contributed by atoms with Crippen LogP contribution in [0.4, 0.5) is 4.39 Å². The largest absolute Gasteiger partial charge is 0.493 e. The molecule has 0 atom stereocenters. The van der Waals surface area contributed by atoms with Crippen LogP contribution in [0.5, 0.6) is 11.5 Å². The molecule has 5 nitrogen and oxygen atoms in total. The van der Waals surface area contributed by atoms with Crippen molar-refractivity contribution in [3.8, 4) is 17.6 Å². The maximum atomic E-state index is 13.0. The molecule has 0 aliphatic carbocycles. The zero-order chi connectivity index (χ0) is 17.5. The van der Waals surface area contributed by atoms with Crippen molar-refractivity contribution in [3.05, 3.63) is 59.4 Å². The smallest absolute Gasteiger partial charge is 0.255 e. The maximum Gasteiger partial charge on any atom is 0.255 e. The second-order valence-electron chi connectivity index (χ2n) is 4.84. The van der Waals surface area contributed by atoms with Gasteiger partial charge in [0.25, 0.3) is 5.91 Å². The van der Waals surface area contributed by atoms with Gasteiger partial charge in [-0.1, -0.05) is 18.2 Å². The minimum Gasteiger partial charge on any atom is -0.493 e. The number of hydrogen-bond acceptors (Lipinski definition) is 4. The Morgan fingerprint density at radius 3 is 2.54 bits per heavy atom. The molecule has 0 saturated carbocycles. The average molecular weight is 326 g/mol. The number of halogens is 1. The molecular formula is C18H15FN2O3. The van der Waals surface area contributed by atoms with Crippen LogP contribution in [0.15, 0.2) is 42.5 Å². The van der Waals surface area contributed by atoms with E-state index in [1.807, 2.05) is 0 Å². The molecule has 0 spiro atoms. The molecule has 1 amide bonds. The number of amides is 1. The van der Waals surface area contributed by atoms with Crippen LogP contribution >= 0.6 is 0 Å². The number of carbonyl (C=O) groups excluding carboxylic acids is 1. The topological polar surface area (TPSA) is 85.3 Å². The molecule has 6 heteroatoms. The van der Waals surface area contributed by atoms with Crippen molar-refractivity contribution in [1.82, 2.24) is 0 Å². The van der Waals surface area contributed by atoms with Crippen molar-refractivity contribution in [2.75, 3.05) is 13.7 Å². The molecular weight excluding hydrogens is 311 g/mol. The molecule has 122 valence electrons. The van der Waals surface area contributed by atoms with Crippen molar-refractivity contribution in [1.29, 1.82) is 5.26 Å². The van der Waals surface area contributed by atoms with Crippen LogP contribution in [-0.4, -0.2) is 19.6 Å². The lowest BCUT2D eigenvalue weighted by Crippen LogP contribution is -2.20. The highest BCUT2D eigenvalue weighted by molar-refractivity contribution is 5.89. The summed E-state index contributed by atoms with van der Waals surface area (Å²) in [6, 6.07) is 12.7. The predicted molar refractivity (Wildman–Crippen MR) is 87.6 cm³/mol. The van der Waals surface area contributed by atoms with Crippen LogP contribution in [0.2, 0.25) is 0 Å². The molecule has 0 aliphatic heterocycles. The molecule has 2 aromatic rings. The summed E-state index contributed by atoms with van der Waals surface area (Å²) >= 11 is 0. The lowest BCUT2D eigenvalue weighted by Gasteiger charge is -2.10. The molecule has 0 aromatic heterocycles. The van der Waals surface area contributed by atoms with E-state index in [9.17, 15) is 14.4 Å². The van der Waals surface area contributed by atoms with Gasteiger partial charge in [-0.05, 0) is 41.5 Å². The van der Waals surface area contributed by atoms with E-state index in [1.54, 1.807) is 24.3 Å². The van der Waals surface area contributed by atoms with Gasteiger partial charge in [-0.25, -0.2) is 4.39 Å². The zero-order valence-corrected chi connectivity index (χ0v) is 13.0. The Bertz CT molecular complexity index is 808. The van der Waals surface area contributed by atoms with Crippen LogP contribution in [0, 0.1) is 17.1 Å². The number of nitriles is 1. The molecule has 0 fully saturated rings. The van der Waals surface area contributed by atoms with E-state index < -0.39 is 5.91 Å². The number of carbonyl (C=O) groups is 1.